The van der Waals surface area contributed by atoms with Crippen LogP contribution in [0.3, 0.4) is 0 Å². The van der Waals surface area contributed by atoms with Gasteiger partial charge in [0.15, 0.2) is 17.5 Å². The van der Waals surface area contributed by atoms with Crippen LogP contribution in [0.5, 0.6) is 0 Å². The van der Waals surface area contributed by atoms with Crippen molar-refractivity contribution in [3.8, 4) is 56.4 Å². The van der Waals surface area contributed by atoms with Gasteiger partial charge in [-0.2, -0.15) is 0 Å². The molecule has 0 unspecified atom stereocenters. The zero-order valence-corrected chi connectivity index (χ0v) is 26.7. The Labute approximate surface area is 287 Å². The quantitative estimate of drug-likeness (QED) is 0.187. The van der Waals surface area contributed by atoms with E-state index >= 15 is 0 Å². The predicted molar refractivity (Wildman–Crippen MR) is 202 cm³/mol. The van der Waals surface area contributed by atoms with Crippen molar-refractivity contribution in [2.24, 2.45) is 0 Å². The van der Waals surface area contributed by atoms with E-state index in [2.05, 4.69) is 66.7 Å². The van der Waals surface area contributed by atoms with Gasteiger partial charge in [-0.15, -0.1) is 0 Å². The Bertz CT molecular complexity index is 2680. The molecule has 10 rings (SSSR count). The third-order valence-corrected chi connectivity index (χ3v) is 9.31. The fourth-order valence-electron chi connectivity index (χ4n) is 6.84. The van der Waals surface area contributed by atoms with E-state index in [-0.39, 0.29) is 0 Å². The standard InChI is InChI=1S/C45H27N3O2/c1-3-11-28(12-4-1)43-46-44(29-13-5-2-6-14-29)48-45(47-43)34-24-32(30-19-21-41-37(26-30)35-15-7-9-17-39(35)49-41)23-33(25-34)31-20-22-42-38(27-31)36-16-8-10-18-40(36)50-42/h1-27H. The van der Waals surface area contributed by atoms with Gasteiger partial charge in [-0.3, -0.25) is 0 Å². The molecule has 3 heterocycles. The molecule has 0 N–H and O–H groups in total. The summed E-state index contributed by atoms with van der Waals surface area (Å²) in [5, 5.41) is 4.34. The Balaban J connectivity index is 1.21. The Morgan fingerprint density at radius 3 is 1.12 bits per heavy atom. The molecule has 0 aliphatic heterocycles. The predicted octanol–water partition coefficient (Wildman–Crippen LogP) is 12.0. The topological polar surface area (TPSA) is 65.0 Å². The monoisotopic (exact) mass is 641 g/mol. The minimum absolute atomic E-state index is 0.602. The maximum absolute atomic E-state index is 6.17. The van der Waals surface area contributed by atoms with Crippen LogP contribution in [-0.2, 0) is 0 Å². The van der Waals surface area contributed by atoms with Crippen molar-refractivity contribution in [3.63, 3.8) is 0 Å². The summed E-state index contributed by atoms with van der Waals surface area (Å²) in [6.45, 7) is 0. The summed E-state index contributed by atoms with van der Waals surface area (Å²) in [4.78, 5) is 15.1. The first-order valence-electron chi connectivity index (χ1n) is 16.6. The second kappa shape index (κ2) is 11.4. The highest BCUT2D eigenvalue weighted by atomic mass is 16.3. The third-order valence-electron chi connectivity index (χ3n) is 9.31. The van der Waals surface area contributed by atoms with Crippen LogP contribution in [0.25, 0.3) is 100 Å². The van der Waals surface area contributed by atoms with Crippen LogP contribution in [0.4, 0.5) is 0 Å². The average molecular weight is 642 g/mol. The number of benzene rings is 7. The highest BCUT2D eigenvalue weighted by Gasteiger charge is 2.17. The first-order valence-corrected chi connectivity index (χ1v) is 16.6. The van der Waals surface area contributed by atoms with Crippen LogP contribution >= 0.6 is 0 Å². The lowest BCUT2D eigenvalue weighted by molar-refractivity contribution is 0.668. The molecule has 0 spiro atoms. The summed E-state index contributed by atoms with van der Waals surface area (Å²) in [7, 11) is 0. The van der Waals surface area contributed by atoms with Crippen molar-refractivity contribution in [1.82, 2.24) is 15.0 Å². The molecule has 5 nitrogen and oxygen atoms in total. The van der Waals surface area contributed by atoms with Crippen LogP contribution in [0.15, 0.2) is 173 Å². The molecule has 3 aromatic heterocycles. The first kappa shape index (κ1) is 28.2. The molecule has 0 saturated heterocycles. The highest BCUT2D eigenvalue weighted by molar-refractivity contribution is 6.07. The van der Waals surface area contributed by atoms with Gasteiger partial charge in [0.25, 0.3) is 0 Å². The molecule has 0 fully saturated rings. The molecular weight excluding hydrogens is 615 g/mol. The largest absolute Gasteiger partial charge is 0.456 e. The van der Waals surface area contributed by atoms with E-state index in [1.807, 2.05) is 97.1 Å². The van der Waals surface area contributed by atoms with E-state index in [0.29, 0.717) is 17.5 Å². The second-order valence-corrected chi connectivity index (χ2v) is 12.5. The van der Waals surface area contributed by atoms with E-state index in [9.17, 15) is 0 Å². The number of hydrogen-bond acceptors (Lipinski definition) is 5. The maximum Gasteiger partial charge on any atom is 0.164 e. The van der Waals surface area contributed by atoms with Crippen LogP contribution in [0.2, 0.25) is 0 Å². The molecular formula is C45H27N3O2. The lowest BCUT2D eigenvalue weighted by Crippen LogP contribution is -2.00. The molecule has 7 aromatic carbocycles. The number of aromatic nitrogens is 3. The van der Waals surface area contributed by atoms with Crippen LogP contribution in [0, 0.1) is 0 Å². The van der Waals surface area contributed by atoms with Crippen molar-refractivity contribution in [3.05, 3.63) is 164 Å². The minimum atomic E-state index is 0.602. The minimum Gasteiger partial charge on any atom is -0.456 e. The number of nitrogens with zero attached hydrogens (tertiary/aromatic N) is 3. The Morgan fingerprint density at radius 1 is 0.260 bits per heavy atom. The van der Waals surface area contributed by atoms with Crippen molar-refractivity contribution < 1.29 is 8.83 Å². The molecule has 10 aromatic rings. The van der Waals surface area contributed by atoms with Crippen LogP contribution < -0.4 is 0 Å². The lowest BCUT2D eigenvalue weighted by atomic mass is 9.94. The fraction of sp³-hybridized carbons (Fsp3) is 0. The van der Waals surface area contributed by atoms with E-state index in [1.165, 1.54) is 0 Å². The molecule has 0 aliphatic rings. The second-order valence-electron chi connectivity index (χ2n) is 12.5. The van der Waals surface area contributed by atoms with Crippen molar-refractivity contribution in [2.45, 2.75) is 0 Å². The zero-order chi connectivity index (χ0) is 33.0. The van der Waals surface area contributed by atoms with Gasteiger partial charge in [0.1, 0.15) is 22.3 Å². The maximum atomic E-state index is 6.17. The molecule has 0 atom stereocenters. The van der Waals surface area contributed by atoms with Gasteiger partial charge >= 0.3 is 0 Å². The van der Waals surface area contributed by atoms with Gasteiger partial charge in [0.05, 0.1) is 0 Å². The molecule has 0 radical (unpaired) electrons. The molecule has 5 heteroatoms. The lowest BCUT2D eigenvalue weighted by Gasteiger charge is -2.13. The van der Waals surface area contributed by atoms with E-state index < -0.39 is 0 Å². The Kier molecular flexibility index (Phi) is 6.42. The van der Waals surface area contributed by atoms with Gasteiger partial charge in [-0.05, 0) is 76.9 Å². The number of rotatable bonds is 5. The summed E-state index contributed by atoms with van der Waals surface area (Å²) in [5.74, 6) is 1.85. The molecule has 0 amide bonds. The molecule has 234 valence electrons. The fourth-order valence-corrected chi connectivity index (χ4v) is 6.84. The number of hydrogen-bond donors (Lipinski definition) is 0. The van der Waals surface area contributed by atoms with Crippen LogP contribution in [-0.4, -0.2) is 15.0 Å². The summed E-state index contributed by atoms with van der Waals surface area (Å²) in [6.07, 6.45) is 0. The number of furan rings is 2. The van der Waals surface area contributed by atoms with Gasteiger partial charge < -0.3 is 8.83 Å². The molecule has 0 saturated carbocycles. The number of para-hydroxylation sites is 2. The first-order chi connectivity index (χ1) is 24.7. The Morgan fingerprint density at radius 2 is 0.640 bits per heavy atom. The van der Waals surface area contributed by atoms with Gasteiger partial charge in [-0.25, -0.2) is 15.0 Å². The normalized spacial score (nSPS) is 11.6. The molecule has 0 bridgehead atoms. The molecule has 0 aliphatic carbocycles. The SMILES string of the molecule is c1ccc(-c2nc(-c3ccccc3)nc(-c3cc(-c4ccc5oc6ccccc6c5c4)cc(-c4ccc5oc6ccccc6c5c4)c3)n2)cc1. The van der Waals surface area contributed by atoms with Gasteiger partial charge in [0.2, 0.25) is 0 Å². The van der Waals surface area contributed by atoms with Crippen molar-refractivity contribution in [1.29, 1.82) is 0 Å². The smallest absolute Gasteiger partial charge is 0.164 e. The zero-order valence-electron chi connectivity index (χ0n) is 26.7. The molecule has 50 heavy (non-hydrogen) atoms. The Hall–Kier alpha value is -6.85. The average Bonchev–Trinajstić information content (AvgIpc) is 3.76. The van der Waals surface area contributed by atoms with Crippen LogP contribution in [0.1, 0.15) is 0 Å². The summed E-state index contributed by atoms with van der Waals surface area (Å²) < 4.78 is 12.3. The summed E-state index contributed by atoms with van der Waals surface area (Å²) in [5.41, 5.74) is 10.5. The third kappa shape index (κ3) is 4.83. The van der Waals surface area contributed by atoms with Crippen molar-refractivity contribution in [2.75, 3.05) is 0 Å². The van der Waals surface area contributed by atoms with Crippen molar-refractivity contribution >= 4 is 43.9 Å². The van der Waals surface area contributed by atoms with Gasteiger partial charge in [0, 0.05) is 38.2 Å². The highest BCUT2D eigenvalue weighted by Crippen LogP contribution is 2.38. The van der Waals surface area contributed by atoms with Gasteiger partial charge in [-0.1, -0.05) is 109 Å². The van der Waals surface area contributed by atoms with E-state index in [4.69, 9.17) is 23.8 Å². The summed E-state index contributed by atoms with van der Waals surface area (Å²) in [6, 6.07) is 55.9. The number of fused-ring (bicyclic) bond motifs is 6. The summed E-state index contributed by atoms with van der Waals surface area (Å²) >= 11 is 0. The van der Waals surface area contributed by atoms with E-state index in [0.717, 1.165) is 82.8 Å². The van der Waals surface area contributed by atoms with E-state index in [1.54, 1.807) is 0 Å².